The topological polar surface area (TPSA) is 34.0 Å². The van der Waals surface area contributed by atoms with Gasteiger partial charge in [0.2, 0.25) is 0 Å². The van der Waals surface area contributed by atoms with Gasteiger partial charge < -0.3 is 4.90 Å². The summed E-state index contributed by atoms with van der Waals surface area (Å²) in [6.45, 7) is 0.890. The zero-order valence-corrected chi connectivity index (χ0v) is 14.7. The molecule has 0 N–H and O–H groups in total. The Balaban J connectivity index is 1.85. The lowest BCUT2D eigenvalue weighted by Gasteiger charge is -2.28. The predicted octanol–water partition coefficient (Wildman–Crippen LogP) is 4.87. The highest BCUT2D eigenvalue weighted by molar-refractivity contribution is 6.36. The molecule has 6 heteroatoms. The van der Waals surface area contributed by atoms with Gasteiger partial charge in [-0.05, 0) is 43.2 Å². The van der Waals surface area contributed by atoms with Crippen molar-refractivity contribution in [2.45, 2.75) is 12.8 Å². The SMILES string of the molecule is Cn1nc2c(c1-c1ccncc1)CCCN2c1ccc(Cl)cc1Cl. The molecular weight excluding hydrogens is 343 g/mol. The number of halogens is 2. The quantitative estimate of drug-likeness (QED) is 0.654. The molecule has 0 saturated heterocycles. The van der Waals surface area contributed by atoms with Crippen LogP contribution < -0.4 is 4.90 Å². The summed E-state index contributed by atoms with van der Waals surface area (Å²) in [4.78, 5) is 6.29. The maximum absolute atomic E-state index is 6.42. The molecule has 0 saturated carbocycles. The molecule has 0 fully saturated rings. The lowest BCUT2D eigenvalue weighted by molar-refractivity contribution is 0.743. The monoisotopic (exact) mass is 358 g/mol. The second-order valence-electron chi connectivity index (χ2n) is 5.86. The van der Waals surface area contributed by atoms with Gasteiger partial charge in [0.25, 0.3) is 0 Å². The number of fused-ring (bicyclic) bond motifs is 1. The molecule has 24 heavy (non-hydrogen) atoms. The Hall–Kier alpha value is -2.04. The number of hydrogen-bond donors (Lipinski definition) is 0. The molecular formula is C18H16Cl2N4. The van der Waals surface area contributed by atoms with E-state index >= 15 is 0 Å². The van der Waals surface area contributed by atoms with E-state index in [1.807, 2.05) is 48.4 Å². The Labute approximate surface area is 150 Å². The van der Waals surface area contributed by atoms with E-state index in [4.69, 9.17) is 28.3 Å². The smallest absolute Gasteiger partial charge is 0.158 e. The maximum Gasteiger partial charge on any atom is 0.158 e. The van der Waals surface area contributed by atoms with Crippen LogP contribution >= 0.6 is 23.2 Å². The minimum atomic E-state index is 0.638. The highest BCUT2D eigenvalue weighted by Gasteiger charge is 2.27. The number of pyridine rings is 1. The normalized spacial score (nSPS) is 13.9. The lowest BCUT2D eigenvalue weighted by atomic mass is 10.0. The van der Waals surface area contributed by atoms with Crippen LogP contribution in [0.3, 0.4) is 0 Å². The second kappa shape index (κ2) is 6.11. The van der Waals surface area contributed by atoms with E-state index in [1.54, 1.807) is 6.07 Å². The fourth-order valence-corrected chi connectivity index (χ4v) is 3.84. The van der Waals surface area contributed by atoms with Gasteiger partial charge in [0.15, 0.2) is 5.82 Å². The van der Waals surface area contributed by atoms with E-state index in [0.717, 1.165) is 42.1 Å². The zero-order chi connectivity index (χ0) is 16.7. The third kappa shape index (κ3) is 2.56. The Bertz CT molecular complexity index is 890. The van der Waals surface area contributed by atoms with E-state index in [2.05, 4.69) is 9.88 Å². The largest absolute Gasteiger partial charge is 0.323 e. The molecule has 3 heterocycles. The number of anilines is 2. The van der Waals surface area contributed by atoms with Crippen LogP contribution in [0, 0.1) is 0 Å². The molecule has 1 aliphatic heterocycles. The summed E-state index contributed by atoms with van der Waals surface area (Å²) in [7, 11) is 1.98. The van der Waals surface area contributed by atoms with E-state index in [9.17, 15) is 0 Å². The number of nitrogens with zero attached hydrogens (tertiary/aromatic N) is 4. The molecule has 0 bridgehead atoms. The molecule has 0 aliphatic carbocycles. The van der Waals surface area contributed by atoms with Gasteiger partial charge >= 0.3 is 0 Å². The van der Waals surface area contributed by atoms with E-state index < -0.39 is 0 Å². The molecule has 2 aromatic heterocycles. The Morgan fingerprint density at radius 2 is 1.88 bits per heavy atom. The van der Waals surface area contributed by atoms with Crippen LogP contribution in [0.4, 0.5) is 11.5 Å². The average Bonchev–Trinajstić information content (AvgIpc) is 2.92. The first-order valence-electron chi connectivity index (χ1n) is 7.84. The van der Waals surface area contributed by atoms with Gasteiger partial charge in [0.1, 0.15) is 0 Å². The van der Waals surface area contributed by atoms with Gasteiger partial charge in [0.05, 0.1) is 16.4 Å². The maximum atomic E-state index is 6.42. The lowest BCUT2D eigenvalue weighted by Crippen LogP contribution is -2.24. The number of aromatic nitrogens is 3. The van der Waals surface area contributed by atoms with E-state index in [0.29, 0.717) is 10.0 Å². The Kier molecular flexibility index (Phi) is 3.94. The minimum Gasteiger partial charge on any atom is -0.323 e. The highest BCUT2D eigenvalue weighted by atomic mass is 35.5. The summed E-state index contributed by atoms with van der Waals surface area (Å²) >= 11 is 12.5. The molecule has 4 rings (SSSR count). The van der Waals surface area contributed by atoms with Crippen molar-refractivity contribution in [1.29, 1.82) is 0 Å². The van der Waals surface area contributed by atoms with Crippen molar-refractivity contribution in [3.05, 3.63) is 58.3 Å². The zero-order valence-electron chi connectivity index (χ0n) is 13.2. The summed E-state index contributed by atoms with van der Waals surface area (Å²) in [6, 6.07) is 9.64. The Morgan fingerprint density at radius 1 is 1.08 bits per heavy atom. The van der Waals surface area contributed by atoms with Crippen molar-refractivity contribution in [1.82, 2.24) is 14.8 Å². The third-order valence-corrected chi connectivity index (χ3v) is 4.88. The summed E-state index contributed by atoms with van der Waals surface area (Å²) in [6.07, 6.45) is 5.68. The molecule has 0 unspecified atom stereocenters. The molecule has 0 atom stereocenters. The summed E-state index contributed by atoms with van der Waals surface area (Å²) in [5.41, 5.74) is 4.47. The van der Waals surface area contributed by atoms with Crippen molar-refractivity contribution < 1.29 is 0 Å². The first kappa shape index (κ1) is 15.5. The van der Waals surface area contributed by atoms with Crippen LogP contribution in [0.1, 0.15) is 12.0 Å². The van der Waals surface area contributed by atoms with Crippen LogP contribution in [0.25, 0.3) is 11.3 Å². The van der Waals surface area contributed by atoms with Crippen molar-refractivity contribution in [3.8, 4) is 11.3 Å². The van der Waals surface area contributed by atoms with Gasteiger partial charge in [-0.2, -0.15) is 5.10 Å². The second-order valence-corrected chi connectivity index (χ2v) is 6.70. The van der Waals surface area contributed by atoms with Crippen LogP contribution in [-0.2, 0) is 13.5 Å². The van der Waals surface area contributed by atoms with Crippen molar-refractivity contribution in [3.63, 3.8) is 0 Å². The molecule has 1 aromatic carbocycles. The summed E-state index contributed by atoms with van der Waals surface area (Å²) in [5, 5.41) is 6.06. The predicted molar refractivity (Wildman–Crippen MR) is 98.2 cm³/mol. The average molecular weight is 359 g/mol. The van der Waals surface area contributed by atoms with Gasteiger partial charge in [0, 0.05) is 42.1 Å². The van der Waals surface area contributed by atoms with Crippen LogP contribution in [-0.4, -0.2) is 21.3 Å². The molecule has 0 amide bonds. The standard InChI is InChI=1S/C18H16Cl2N4/c1-23-17(12-6-8-21-9-7-12)14-3-2-10-24(18(14)22-23)16-5-4-13(19)11-15(16)20/h4-9,11H,2-3,10H2,1H3. The molecule has 0 spiro atoms. The highest BCUT2D eigenvalue weighted by Crippen LogP contribution is 2.40. The summed E-state index contributed by atoms with van der Waals surface area (Å²) < 4.78 is 1.95. The van der Waals surface area contributed by atoms with Crippen LogP contribution in [0.5, 0.6) is 0 Å². The molecule has 4 nitrogen and oxygen atoms in total. The molecule has 3 aromatic rings. The number of rotatable bonds is 2. The van der Waals surface area contributed by atoms with Crippen molar-refractivity contribution >= 4 is 34.7 Å². The van der Waals surface area contributed by atoms with Crippen molar-refractivity contribution in [2.24, 2.45) is 7.05 Å². The van der Waals surface area contributed by atoms with Crippen LogP contribution in [0.15, 0.2) is 42.7 Å². The number of hydrogen-bond acceptors (Lipinski definition) is 3. The van der Waals surface area contributed by atoms with Gasteiger partial charge in [-0.1, -0.05) is 23.2 Å². The van der Waals surface area contributed by atoms with E-state index in [-0.39, 0.29) is 0 Å². The minimum absolute atomic E-state index is 0.638. The van der Waals surface area contributed by atoms with Gasteiger partial charge in [-0.3, -0.25) is 9.67 Å². The fraction of sp³-hybridized carbons (Fsp3) is 0.222. The molecule has 122 valence electrons. The third-order valence-electron chi connectivity index (χ3n) is 4.34. The Morgan fingerprint density at radius 3 is 2.62 bits per heavy atom. The van der Waals surface area contributed by atoms with E-state index in [1.165, 1.54) is 5.56 Å². The first-order chi connectivity index (χ1) is 11.6. The number of benzene rings is 1. The molecule has 1 aliphatic rings. The van der Waals surface area contributed by atoms with Gasteiger partial charge in [-0.25, -0.2) is 0 Å². The van der Waals surface area contributed by atoms with Crippen molar-refractivity contribution in [2.75, 3.05) is 11.4 Å². The first-order valence-corrected chi connectivity index (χ1v) is 8.59. The number of aryl methyl sites for hydroxylation is 1. The molecule has 0 radical (unpaired) electrons. The van der Waals surface area contributed by atoms with Gasteiger partial charge in [-0.15, -0.1) is 0 Å². The fourth-order valence-electron chi connectivity index (χ4n) is 3.33. The summed E-state index contributed by atoms with van der Waals surface area (Å²) in [5.74, 6) is 0.972. The van der Waals surface area contributed by atoms with Crippen LogP contribution in [0.2, 0.25) is 10.0 Å².